The Morgan fingerprint density at radius 1 is 0.918 bits per heavy atom. The molecule has 0 saturated heterocycles. The summed E-state index contributed by atoms with van der Waals surface area (Å²) in [6.45, 7) is 0.541. The van der Waals surface area contributed by atoms with Gasteiger partial charge < -0.3 is 19.9 Å². The Balaban J connectivity index is 1.65. The SMILES string of the molecule is [N-]=[N+]=NCc1ccccc1C[C@@]1(C(=O)NCc2ccc(Cl)cc2Cl)N=C(c2ccc(OCCCO)cc2)O[C@@H]1c1ccccc1CN=[N+]=[N-]. The second-order valence-electron chi connectivity index (χ2n) is 11.1. The van der Waals surface area contributed by atoms with Crippen molar-refractivity contribution < 1.29 is 19.4 Å². The van der Waals surface area contributed by atoms with E-state index in [0.29, 0.717) is 51.1 Å². The summed E-state index contributed by atoms with van der Waals surface area (Å²) in [4.78, 5) is 25.7. The van der Waals surface area contributed by atoms with Crippen LogP contribution in [-0.4, -0.2) is 35.7 Å². The summed E-state index contributed by atoms with van der Waals surface area (Å²) in [5, 5.41) is 20.6. The van der Waals surface area contributed by atoms with Crippen LogP contribution in [0.5, 0.6) is 5.75 Å². The van der Waals surface area contributed by atoms with Crippen molar-refractivity contribution in [3.63, 3.8) is 0 Å². The third-order valence-corrected chi connectivity index (χ3v) is 8.60. The third-order valence-electron chi connectivity index (χ3n) is 8.01. The van der Waals surface area contributed by atoms with E-state index in [-0.39, 0.29) is 38.6 Å². The topological polar surface area (TPSA) is 178 Å². The zero-order valence-corrected chi connectivity index (χ0v) is 27.8. The van der Waals surface area contributed by atoms with Gasteiger partial charge in [0.15, 0.2) is 11.6 Å². The van der Waals surface area contributed by atoms with Crippen molar-refractivity contribution >= 4 is 35.0 Å². The number of hydrogen-bond acceptors (Lipinski definition) is 7. The summed E-state index contributed by atoms with van der Waals surface area (Å²) >= 11 is 12.6. The molecule has 14 heteroatoms. The van der Waals surface area contributed by atoms with Crippen LogP contribution in [0.1, 0.15) is 45.9 Å². The fraction of sp³-hybridized carbons (Fsp3) is 0.257. The van der Waals surface area contributed by atoms with Crippen LogP contribution in [0, 0.1) is 0 Å². The van der Waals surface area contributed by atoms with E-state index in [1.54, 1.807) is 42.5 Å². The molecule has 0 aromatic heterocycles. The highest BCUT2D eigenvalue weighted by atomic mass is 35.5. The number of rotatable bonds is 15. The van der Waals surface area contributed by atoms with Crippen LogP contribution in [0.2, 0.25) is 10.0 Å². The average molecular weight is 700 g/mol. The molecule has 4 aromatic rings. The van der Waals surface area contributed by atoms with E-state index in [0.717, 1.165) is 11.1 Å². The Morgan fingerprint density at radius 2 is 1.59 bits per heavy atom. The van der Waals surface area contributed by atoms with Crippen molar-refractivity contribution in [2.75, 3.05) is 13.2 Å². The van der Waals surface area contributed by atoms with Crippen molar-refractivity contribution in [2.24, 2.45) is 15.2 Å². The molecule has 1 amide bonds. The van der Waals surface area contributed by atoms with Gasteiger partial charge in [-0.15, -0.1) is 0 Å². The minimum Gasteiger partial charge on any atom is -0.494 e. The lowest BCUT2D eigenvalue weighted by Gasteiger charge is -2.32. The average Bonchev–Trinajstić information content (AvgIpc) is 3.50. The summed E-state index contributed by atoms with van der Waals surface area (Å²) in [6.07, 6.45) is -0.410. The number of amides is 1. The van der Waals surface area contributed by atoms with Crippen LogP contribution in [0.25, 0.3) is 20.9 Å². The summed E-state index contributed by atoms with van der Waals surface area (Å²) in [6, 6.07) is 26.8. The van der Waals surface area contributed by atoms with Gasteiger partial charge in [0, 0.05) is 51.4 Å². The maximum Gasteiger partial charge on any atom is 0.252 e. The van der Waals surface area contributed by atoms with E-state index >= 15 is 0 Å². The van der Waals surface area contributed by atoms with Gasteiger partial charge in [-0.3, -0.25) is 4.79 Å². The summed E-state index contributed by atoms with van der Waals surface area (Å²) in [5.41, 5.74) is 20.6. The van der Waals surface area contributed by atoms with Crippen molar-refractivity contribution in [1.29, 1.82) is 0 Å². The molecule has 4 aromatic carbocycles. The minimum absolute atomic E-state index is 0.0195. The van der Waals surface area contributed by atoms with Crippen LogP contribution in [0.15, 0.2) is 106 Å². The zero-order chi connectivity index (χ0) is 34.6. The van der Waals surface area contributed by atoms with Gasteiger partial charge in [0.25, 0.3) is 5.91 Å². The van der Waals surface area contributed by atoms with Crippen LogP contribution in [-0.2, 0) is 35.6 Å². The van der Waals surface area contributed by atoms with Gasteiger partial charge in [-0.2, -0.15) is 0 Å². The highest BCUT2D eigenvalue weighted by molar-refractivity contribution is 6.35. The number of aliphatic hydroxyl groups excluding tert-OH is 1. The van der Waals surface area contributed by atoms with Crippen LogP contribution >= 0.6 is 23.2 Å². The van der Waals surface area contributed by atoms with Gasteiger partial charge in [-0.1, -0.05) is 88.0 Å². The molecule has 1 heterocycles. The molecule has 0 aliphatic carbocycles. The lowest BCUT2D eigenvalue weighted by atomic mass is 9.79. The number of aliphatic hydroxyl groups is 1. The first kappa shape index (κ1) is 35.1. The van der Waals surface area contributed by atoms with Crippen molar-refractivity contribution in [1.82, 2.24) is 5.32 Å². The van der Waals surface area contributed by atoms with Crippen molar-refractivity contribution in [3.8, 4) is 5.75 Å². The number of ether oxygens (including phenoxy) is 2. The molecule has 0 fully saturated rings. The van der Waals surface area contributed by atoms with Gasteiger partial charge in [0.1, 0.15) is 5.75 Å². The summed E-state index contributed by atoms with van der Waals surface area (Å²) in [7, 11) is 0. The smallest absolute Gasteiger partial charge is 0.252 e. The zero-order valence-electron chi connectivity index (χ0n) is 26.2. The summed E-state index contributed by atoms with van der Waals surface area (Å²) in [5.74, 6) is 0.375. The molecule has 0 saturated carbocycles. The summed E-state index contributed by atoms with van der Waals surface area (Å²) < 4.78 is 12.4. The maximum atomic E-state index is 14.8. The molecule has 250 valence electrons. The second kappa shape index (κ2) is 16.7. The molecular formula is C35H32Cl2N8O4. The number of halogens is 2. The predicted octanol–water partition coefficient (Wildman–Crippen LogP) is 8.19. The fourth-order valence-corrected chi connectivity index (χ4v) is 6.05. The molecular weight excluding hydrogens is 667 g/mol. The molecule has 2 N–H and O–H groups in total. The lowest BCUT2D eigenvalue weighted by Crippen LogP contribution is -2.50. The Morgan fingerprint density at radius 3 is 2.29 bits per heavy atom. The first-order valence-corrected chi connectivity index (χ1v) is 16.1. The Labute approximate surface area is 292 Å². The number of carbonyl (C=O) groups excluding carboxylic acids is 1. The van der Waals surface area contributed by atoms with E-state index in [1.165, 1.54) is 0 Å². The molecule has 0 radical (unpaired) electrons. The first-order chi connectivity index (χ1) is 23.9. The molecule has 1 aliphatic heterocycles. The molecule has 0 bridgehead atoms. The number of azide groups is 2. The molecule has 1 aliphatic rings. The second-order valence-corrected chi connectivity index (χ2v) is 12.0. The van der Waals surface area contributed by atoms with Gasteiger partial charge in [-0.25, -0.2) is 4.99 Å². The molecule has 49 heavy (non-hydrogen) atoms. The minimum atomic E-state index is -1.59. The van der Waals surface area contributed by atoms with E-state index in [4.69, 9.17) is 53.8 Å². The van der Waals surface area contributed by atoms with E-state index in [2.05, 4.69) is 25.4 Å². The Bertz CT molecular complexity index is 1930. The standard InChI is InChI=1S/C35H32Cl2N8O4/c36-28-13-10-27(31(37)18-28)20-40-34(47)35(19-24-6-1-2-7-25(24)21-41-44-38)32(30-9-4-3-8-26(30)22-42-45-39)49-33(43-35)23-11-14-29(15-12-23)48-17-5-16-46/h1-4,6-15,18,32,46H,5,16-17,19-22H2,(H,40,47)/t32-,35-/m1/s1. The molecule has 0 unspecified atom stereocenters. The number of nitrogens with zero attached hydrogens (tertiary/aromatic N) is 7. The molecule has 2 atom stereocenters. The van der Waals surface area contributed by atoms with E-state index < -0.39 is 17.6 Å². The normalized spacial score (nSPS) is 16.5. The quantitative estimate of drug-likeness (QED) is 0.0550. The number of aliphatic imine (C=N–C) groups is 1. The van der Waals surface area contributed by atoms with Gasteiger partial charge in [0.05, 0.1) is 19.7 Å². The predicted molar refractivity (Wildman–Crippen MR) is 187 cm³/mol. The maximum absolute atomic E-state index is 14.8. The van der Waals surface area contributed by atoms with Gasteiger partial charge in [-0.05, 0) is 75.3 Å². The van der Waals surface area contributed by atoms with E-state index in [1.807, 2.05) is 48.5 Å². The lowest BCUT2D eigenvalue weighted by molar-refractivity contribution is -0.129. The van der Waals surface area contributed by atoms with Crippen LogP contribution in [0.3, 0.4) is 0 Å². The Hall–Kier alpha value is -5.22. The molecule has 0 spiro atoms. The first-order valence-electron chi connectivity index (χ1n) is 15.4. The number of hydrogen-bond donors (Lipinski definition) is 2. The highest BCUT2D eigenvalue weighted by Crippen LogP contribution is 2.44. The van der Waals surface area contributed by atoms with Crippen LogP contribution < -0.4 is 10.1 Å². The monoisotopic (exact) mass is 698 g/mol. The highest BCUT2D eigenvalue weighted by Gasteiger charge is 2.54. The van der Waals surface area contributed by atoms with Gasteiger partial charge >= 0.3 is 0 Å². The van der Waals surface area contributed by atoms with Crippen molar-refractivity contribution in [2.45, 2.75) is 44.1 Å². The molecule has 12 nitrogen and oxygen atoms in total. The number of benzene rings is 4. The number of nitrogens with one attached hydrogen (secondary N) is 1. The Kier molecular flexibility index (Phi) is 12.0. The molecule has 5 rings (SSSR count). The third kappa shape index (κ3) is 8.45. The van der Waals surface area contributed by atoms with Gasteiger partial charge in [0.2, 0.25) is 5.90 Å². The van der Waals surface area contributed by atoms with Crippen LogP contribution in [0.4, 0.5) is 0 Å². The largest absolute Gasteiger partial charge is 0.494 e. The number of carbonyl (C=O) groups is 1. The van der Waals surface area contributed by atoms with E-state index in [9.17, 15) is 4.79 Å². The fourth-order valence-electron chi connectivity index (χ4n) is 5.58. The van der Waals surface area contributed by atoms with Crippen molar-refractivity contribution in [3.05, 3.63) is 155 Å².